The summed E-state index contributed by atoms with van der Waals surface area (Å²) in [5, 5.41) is 4.06. The first-order chi connectivity index (χ1) is 8.29. The van der Waals surface area contributed by atoms with Crippen LogP contribution in [0.3, 0.4) is 0 Å². The molecule has 1 unspecified atom stereocenters. The third-order valence-corrected chi connectivity index (χ3v) is 4.10. The van der Waals surface area contributed by atoms with E-state index in [1.807, 2.05) is 30.8 Å². The van der Waals surface area contributed by atoms with Gasteiger partial charge in [0.15, 0.2) is 0 Å². The summed E-state index contributed by atoms with van der Waals surface area (Å²) in [5.74, 6) is 2.65. The van der Waals surface area contributed by atoms with Crippen LogP contribution in [-0.4, -0.2) is 29.1 Å². The lowest BCUT2D eigenvalue weighted by Crippen LogP contribution is -2.14. The third-order valence-electron chi connectivity index (χ3n) is 2.71. The van der Waals surface area contributed by atoms with Gasteiger partial charge in [0, 0.05) is 11.8 Å². The number of aromatic nitrogens is 1. The minimum Gasteiger partial charge on any atom is -0.476 e. The molecule has 0 aromatic carbocycles. The zero-order valence-corrected chi connectivity index (χ0v) is 10.9. The monoisotopic (exact) mass is 253 g/mol. The number of rotatable bonds is 5. The lowest BCUT2D eigenvalue weighted by molar-refractivity contribution is 0.329. The first-order valence-electron chi connectivity index (χ1n) is 6.04. The number of ether oxygens (including phenoxy) is 1. The van der Waals surface area contributed by atoms with Gasteiger partial charge < -0.3 is 15.8 Å². The molecular formula is C12H19N3OS. The van der Waals surface area contributed by atoms with Gasteiger partial charge in [-0.25, -0.2) is 0 Å². The molecule has 4 nitrogen and oxygen atoms in total. The topological polar surface area (TPSA) is 60.2 Å². The van der Waals surface area contributed by atoms with E-state index < -0.39 is 0 Å². The van der Waals surface area contributed by atoms with Crippen molar-refractivity contribution in [3.8, 4) is 5.88 Å². The molecule has 1 atom stereocenters. The highest BCUT2D eigenvalue weighted by molar-refractivity contribution is 8.00. The summed E-state index contributed by atoms with van der Waals surface area (Å²) in [4.78, 5) is 4.36. The predicted molar refractivity (Wildman–Crippen MR) is 73.8 cm³/mol. The van der Waals surface area contributed by atoms with Crippen LogP contribution in [0.1, 0.15) is 19.8 Å². The molecule has 1 fully saturated rings. The van der Waals surface area contributed by atoms with Crippen LogP contribution >= 0.6 is 11.8 Å². The van der Waals surface area contributed by atoms with Crippen molar-refractivity contribution in [3.63, 3.8) is 0 Å². The van der Waals surface area contributed by atoms with Crippen molar-refractivity contribution in [2.24, 2.45) is 0 Å². The highest BCUT2D eigenvalue weighted by Crippen LogP contribution is 2.27. The number of hydrogen-bond donors (Lipinski definition) is 2. The minimum atomic E-state index is 0.525. The molecule has 0 spiro atoms. The maximum absolute atomic E-state index is 5.77. The van der Waals surface area contributed by atoms with Crippen LogP contribution in [0.4, 0.5) is 11.5 Å². The Morgan fingerprint density at radius 1 is 1.59 bits per heavy atom. The molecule has 2 rings (SSSR count). The van der Waals surface area contributed by atoms with Gasteiger partial charge in [-0.3, -0.25) is 0 Å². The van der Waals surface area contributed by atoms with Crippen LogP contribution in [0.5, 0.6) is 5.88 Å². The quantitative estimate of drug-likeness (QED) is 0.843. The maximum Gasteiger partial charge on any atom is 0.239 e. The largest absolute Gasteiger partial charge is 0.476 e. The number of nitrogens with two attached hydrogens (primary N) is 1. The second kappa shape index (κ2) is 6.00. The summed E-state index contributed by atoms with van der Waals surface area (Å²) in [5.41, 5.74) is 6.36. The Bertz CT molecular complexity index is 367. The Hall–Kier alpha value is -1.10. The fourth-order valence-electron chi connectivity index (χ4n) is 1.83. The molecule has 5 heteroatoms. The van der Waals surface area contributed by atoms with Crippen molar-refractivity contribution in [1.29, 1.82) is 0 Å². The fraction of sp³-hybridized carbons (Fsp3) is 0.583. The number of anilines is 2. The lowest BCUT2D eigenvalue weighted by atomic mass is 10.2. The number of thioether (sulfide) groups is 1. The van der Waals surface area contributed by atoms with Crippen LogP contribution in [0, 0.1) is 0 Å². The SMILES string of the molecule is CCOc1nc(NCC2CCCS2)ccc1N. The normalized spacial score (nSPS) is 19.2. The van der Waals surface area contributed by atoms with Crippen LogP contribution in [0.15, 0.2) is 12.1 Å². The molecule has 0 amide bonds. The van der Waals surface area contributed by atoms with E-state index in [1.54, 1.807) is 0 Å². The van der Waals surface area contributed by atoms with Crippen LogP contribution in [-0.2, 0) is 0 Å². The van der Waals surface area contributed by atoms with E-state index >= 15 is 0 Å². The Kier molecular flexibility index (Phi) is 4.36. The first kappa shape index (κ1) is 12.4. The summed E-state index contributed by atoms with van der Waals surface area (Å²) in [7, 11) is 0. The Labute approximate surface area is 106 Å². The summed E-state index contributed by atoms with van der Waals surface area (Å²) in [6.07, 6.45) is 2.63. The predicted octanol–water partition coefficient (Wildman–Crippen LogP) is 2.37. The zero-order chi connectivity index (χ0) is 12.1. The molecule has 1 aliphatic rings. The van der Waals surface area contributed by atoms with E-state index in [0.29, 0.717) is 23.4 Å². The van der Waals surface area contributed by atoms with Crippen molar-refractivity contribution < 1.29 is 4.74 Å². The van der Waals surface area contributed by atoms with Crippen molar-refractivity contribution >= 4 is 23.3 Å². The average molecular weight is 253 g/mol. The highest BCUT2D eigenvalue weighted by atomic mass is 32.2. The second-order valence-electron chi connectivity index (χ2n) is 4.04. The van der Waals surface area contributed by atoms with E-state index in [-0.39, 0.29) is 0 Å². The molecule has 3 N–H and O–H groups in total. The van der Waals surface area contributed by atoms with Gasteiger partial charge in [0.2, 0.25) is 5.88 Å². The van der Waals surface area contributed by atoms with Gasteiger partial charge in [-0.05, 0) is 37.7 Å². The molecule has 1 aliphatic heterocycles. The second-order valence-corrected chi connectivity index (χ2v) is 5.45. The first-order valence-corrected chi connectivity index (χ1v) is 7.09. The van der Waals surface area contributed by atoms with Gasteiger partial charge in [-0.15, -0.1) is 0 Å². The molecule has 1 saturated heterocycles. The molecule has 0 bridgehead atoms. The van der Waals surface area contributed by atoms with E-state index in [4.69, 9.17) is 10.5 Å². The summed E-state index contributed by atoms with van der Waals surface area (Å²) in [6, 6.07) is 3.74. The van der Waals surface area contributed by atoms with Crippen molar-refractivity contribution in [2.75, 3.05) is 30.0 Å². The smallest absolute Gasteiger partial charge is 0.239 e. The number of hydrogen-bond acceptors (Lipinski definition) is 5. The molecule has 1 aromatic rings. The molecule has 0 aliphatic carbocycles. The van der Waals surface area contributed by atoms with Crippen molar-refractivity contribution in [2.45, 2.75) is 25.0 Å². The number of nitrogens with one attached hydrogen (secondary N) is 1. The summed E-state index contributed by atoms with van der Waals surface area (Å²) >= 11 is 2.03. The Balaban J connectivity index is 1.93. The molecule has 94 valence electrons. The number of nitrogens with zero attached hydrogens (tertiary/aromatic N) is 1. The van der Waals surface area contributed by atoms with Crippen LogP contribution in [0.25, 0.3) is 0 Å². The van der Waals surface area contributed by atoms with E-state index in [0.717, 1.165) is 12.4 Å². The molecular weight excluding hydrogens is 234 g/mol. The van der Waals surface area contributed by atoms with Crippen LogP contribution in [0.2, 0.25) is 0 Å². The van der Waals surface area contributed by atoms with Gasteiger partial charge in [0.1, 0.15) is 5.82 Å². The van der Waals surface area contributed by atoms with Crippen LogP contribution < -0.4 is 15.8 Å². The maximum atomic E-state index is 5.77. The van der Waals surface area contributed by atoms with Gasteiger partial charge >= 0.3 is 0 Å². The van der Waals surface area contributed by atoms with Gasteiger partial charge in [0.25, 0.3) is 0 Å². The third kappa shape index (κ3) is 3.43. The van der Waals surface area contributed by atoms with Gasteiger partial charge in [-0.2, -0.15) is 16.7 Å². The van der Waals surface area contributed by atoms with Crippen molar-refractivity contribution in [1.82, 2.24) is 4.98 Å². The number of pyridine rings is 1. The van der Waals surface area contributed by atoms with E-state index in [2.05, 4.69) is 10.3 Å². The van der Waals surface area contributed by atoms with Crippen molar-refractivity contribution in [3.05, 3.63) is 12.1 Å². The standard InChI is InChI=1S/C12H19N3OS/c1-2-16-12-10(13)5-6-11(15-12)14-8-9-4-3-7-17-9/h5-6,9H,2-4,7-8,13H2,1H3,(H,14,15). The lowest BCUT2D eigenvalue weighted by Gasteiger charge is -2.12. The molecule has 0 radical (unpaired) electrons. The highest BCUT2D eigenvalue weighted by Gasteiger charge is 2.15. The zero-order valence-electron chi connectivity index (χ0n) is 10.1. The molecule has 2 heterocycles. The Morgan fingerprint density at radius 3 is 3.18 bits per heavy atom. The summed E-state index contributed by atoms with van der Waals surface area (Å²) in [6.45, 7) is 3.47. The van der Waals surface area contributed by atoms with Gasteiger partial charge in [-0.1, -0.05) is 0 Å². The van der Waals surface area contributed by atoms with Gasteiger partial charge in [0.05, 0.1) is 12.3 Å². The molecule has 0 saturated carbocycles. The molecule has 17 heavy (non-hydrogen) atoms. The van der Waals surface area contributed by atoms with E-state index in [9.17, 15) is 0 Å². The number of nitrogen functional groups attached to an aromatic ring is 1. The summed E-state index contributed by atoms with van der Waals surface area (Å²) < 4.78 is 5.37. The Morgan fingerprint density at radius 2 is 2.47 bits per heavy atom. The molecule has 1 aromatic heterocycles. The fourth-order valence-corrected chi connectivity index (χ4v) is 3.03. The average Bonchev–Trinajstić information content (AvgIpc) is 2.83. The van der Waals surface area contributed by atoms with E-state index in [1.165, 1.54) is 18.6 Å². The minimum absolute atomic E-state index is 0.525.